The van der Waals surface area contributed by atoms with Gasteiger partial charge in [0.15, 0.2) is 6.10 Å². The topological polar surface area (TPSA) is 96.2 Å². The zero-order valence-corrected chi connectivity index (χ0v) is 10.5. The number of hydrogen-bond donors (Lipinski definition) is 3. The van der Waals surface area contributed by atoms with Crippen molar-refractivity contribution in [3.8, 4) is 0 Å². The van der Waals surface area contributed by atoms with E-state index in [1.54, 1.807) is 20.8 Å². The van der Waals surface area contributed by atoms with Crippen molar-refractivity contribution in [1.82, 2.24) is 0 Å². The fraction of sp³-hybridized carbons (Fsp3) is 0.909. The largest absolute Gasteiger partial charge is 0.453 e. The maximum Gasteiger partial charge on any atom is 0.311 e. The summed E-state index contributed by atoms with van der Waals surface area (Å²) in [7, 11) is 0. The predicted molar refractivity (Wildman–Crippen MR) is 58.2 cm³/mol. The van der Waals surface area contributed by atoms with Crippen LogP contribution in [0, 0.1) is 5.41 Å². The van der Waals surface area contributed by atoms with Gasteiger partial charge in [-0.1, -0.05) is 0 Å². The minimum absolute atomic E-state index is 0.640. The summed E-state index contributed by atoms with van der Waals surface area (Å²) < 4.78 is 23.0. The molecule has 0 aromatic rings. The molecule has 0 radical (unpaired) electrons. The van der Waals surface area contributed by atoms with Gasteiger partial charge in [-0.3, -0.25) is 4.79 Å². The van der Waals surface area contributed by atoms with Crippen LogP contribution in [0.5, 0.6) is 0 Å². The van der Waals surface area contributed by atoms with Gasteiger partial charge in [0.25, 0.3) is 0 Å². The fourth-order valence-electron chi connectivity index (χ4n) is 1.47. The van der Waals surface area contributed by atoms with Crippen LogP contribution in [0.3, 0.4) is 0 Å². The maximum absolute atomic E-state index is 13.6. The van der Waals surface area contributed by atoms with Crippen LogP contribution >= 0.6 is 0 Å². The Morgan fingerprint density at radius 3 is 2.33 bits per heavy atom. The second-order valence-corrected chi connectivity index (χ2v) is 5.31. The molecule has 0 bridgehead atoms. The number of carbonyl (C=O) groups is 1. The highest BCUT2D eigenvalue weighted by Crippen LogP contribution is 2.27. The standard InChI is InChI=1S/C11H19FO6/c1-11(2,3)10(16)18-8-7(15)6(14)5(4-13)17-9(8)12/h5-9,13-15H,4H2,1-3H3/t5-,6-,7+,8+,9?/m1/s1. The molecule has 1 heterocycles. The van der Waals surface area contributed by atoms with E-state index in [1.165, 1.54) is 0 Å². The number of ether oxygens (including phenoxy) is 2. The molecule has 0 saturated carbocycles. The van der Waals surface area contributed by atoms with Gasteiger partial charge in [0.1, 0.15) is 18.3 Å². The van der Waals surface area contributed by atoms with Crippen LogP contribution in [0.4, 0.5) is 4.39 Å². The maximum atomic E-state index is 13.6. The van der Waals surface area contributed by atoms with E-state index in [1.807, 2.05) is 0 Å². The summed E-state index contributed by atoms with van der Waals surface area (Å²) in [6.07, 6.45) is -8.09. The molecule has 6 nitrogen and oxygen atoms in total. The predicted octanol–water partition coefficient (Wildman–Crippen LogP) is -0.647. The van der Waals surface area contributed by atoms with Gasteiger partial charge in [0, 0.05) is 0 Å². The van der Waals surface area contributed by atoms with Crippen LogP contribution < -0.4 is 0 Å². The molecule has 5 atom stereocenters. The number of hydrogen-bond acceptors (Lipinski definition) is 6. The van der Waals surface area contributed by atoms with Crippen molar-refractivity contribution < 1.29 is 34.0 Å². The van der Waals surface area contributed by atoms with Gasteiger partial charge < -0.3 is 24.8 Å². The molecular weight excluding hydrogens is 247 g/mol. The van der Waals surface area contributed by atoms with Crippen LogP contribution in [0.15, 0.2) is 0 Å². The van der Waals surface area contributed by atoms with Crippen molar-refractivity contribution in [2.75, 3.05) is 6.61 Å². The van der Waals surface area contributed by atoms with Crippen molar-refractivity contribution in [3.05, 3.63) is 0 Å². The van der Waals surface area contributed by atoms with E-state index in [-0.39, 0.29) is 0 Å². The fourth-order valence-corrected chi connectivity index (χ4v) is 1.47. The van der Waals surface area contributed by atoms with Crippen molar-refractivity contribution in [1.29, 1.82) is 0 Å². The SMILES string of the molecule is CC(C)(C)C(=O)O[C@@H]1C(F)O[C@H](CO)[C@@H](O)[C@@H]1O. The van der Waals surface area contributed by atoms with Gasteiger partial charge in [0.2, 0.25) is 6.36 Å². The molecule has 3 N–H and O–H groups in total. The van der Waals surface area contributed by atoms with E-state index in [2.05, 4.69) is 4.74 Å². The van der Waals surface area contributed by atoms with E-state index >= 15 is 0 Å². The first-order valence-electron chi connectivity index (χ1n) is 5.66. The Balaban J connectivity index is 2.74. The smallest absolute Gasteiger partial charge is 0.311 e. The summed E-state index contributed by atoms with van der Waals surface area (Å²) in [6.45, 7) is 4.08. The van der Waals surface area contributed by atoms with Crippen molar-refractivity contribution in [3.63, 3.8) is 0 Å². The Kier molecular flexibility index (Phi) is 4.66. The lowest BCUT2D eigenvalue weighted by molar-refractivity contribution is -0.271. The third-order valence-electron chi connectivity index (χ3n) is 2.67. The molecular formula is C11H19FO6. The molecule has 7 heteroatoms. The summed E-state index contributed by atoms with van der Waals surface area (Å²) in [4.78, 5) is 11.6. The molecule has 0 aliphatic carbocycles. The molecule has 0 amide bonds. The van der Waals surface area contributed by atoms with Crippen LogP contribution in [0.2, 0.25) is 0 Å². The van der Waals surface area contributed by atoms with Crippen molar-refractivity contribution >= 4 is 5.97 Å². The number of alkyl halides is 1. The Hall–Kier alpha value is -0.760. The average Bonchev–Trinajstić information content (AvgIpc) is 2.27. The first kappa shape index (κ1) is 15.3. The lowest BCUT2D eigenvalue weighted by Gasteiger charge is -2.39. The van der Waals surface area contributed by atoms with Gasteiger partial charge in [-0.15, -0.1) is 0 Å². The van der Waals surface area contributed by atoms with E-state index < -0.39 is 48.8 Å². The van der Waals surface area contributed by atoms with Crippen LogP contribution in [0.25, 0.3) is 0 Å². The molecule has 1 aliphatic heterocycles. The summed E-state index contributed by atoms with van der Waals surface area (Å²) >= 11 is 0. The van der Waals surface area contributed by atoms with E-state index in [9.17, 15) is 19.4 Å². The van der Waals surface area contributed by atoms with Crippen LogP contribution in [-0.2, 0) is 14.3 Å². The summed E-state index contributed by atoms with van der Waals surface area (Å²) in [5.74, 6) is -0.715. The molecule has 18 heavy (non-hydrogen) atoms. The Bertz CT molecular complexity index is 302. The Morgan fingerprint density at radius 1 is 1.33 bits per heavy atom. The first-order valence-corrected chi connectivity index (χ1v) is 5.66. The second kappa shape index (κ2) is 5.48. The lowest BCUT2D eigenvalue weighted by Crippen LogP contribution is -2.59. The second-order valence-electron chi connectivity index (χ2n) is 5.31. The van der Waals surface area contributed by atoms with Gasteiger partial charge >= 0.3 is 5.97 Å². The molecule has 1 fully saturated rings. The molecule has 1 aliphatic rings. The highest BCUT2D eigenvalue weighted by atomic mass is 19.1. The Labute approximate surface area is 104 Å². The summed E-state index contributed by atoms with van der Waals surface area (Å²) in [6, 6.07) is 0. The lowest BCUT2D eigenvalue weighted by atomic mass is 9.96. The number of esters is 1. The van der Waals surface area contributed by atoms with Crippen LogP contribution in [-0.4, -0.2) is 58.7 Å². The zero-order valence-electron chi connectivity index (χ0n) is 10.5. The molecule has 106 valence electrons. The monoisotopic (exact) mass is 266 g/mol. The minimum Gasteiger partial charge on any atom is -0.453 e. The number of rotatable bonds is 2. The molecule has 1 unspecified atom stereocenters. The molecule has 0 spiro atoms. The number of halogens is 1. The summed E-state index contributed by atoms with van der Waals surface area (Å²) in [5, 5.41) is 28.0. The highest BCUT2D eigenvalue weighted by molar-refractivity contribution is 5.75. The highest BCUT2D eigenvalue weighted by Gasteiger charge is 2.47. The quantitative estimate of drug-likeness (QED) is 0.575. The third-order valence-corrected chi connectivity index (χ3v) is 2.67. The van der Waals surface area contributed by atoms with Gasteiger partial charge in [0.05, 0.1) is 12.0 Å². The average molecular weight is 266 g/mol. The van der Waals surface area contributed by atoms with Crippen molar-refractivity contribution in [2.24, 2.45) is 5.41 Å². The van der Waals surface area contributed by atoms with E-state index in [0.29, 0.717) is 0 Å². The molecule has 0 aromatic carbocycles. The van der Waals surface area contributed by atoms with E-state index in [0.717, 1.165) is 0 Å². The van der Waals surface area contributed by atoms with Crippen molar-refractivity contribution in [2.45, 2.75) is 51.5 Å². The molecule has 0 aromatic heterocycles. The minimum atomic E-state index is -2.09. The first-order chi connectivity index (χ1) is 8.18. The Morgan fingerprint density at radius 2 is 1.89 bits per heavy atom. The van der Waals surface area contributed by atoms with E-state index in [4.69, 9.17) is 9.84 Å². The number of carbonyl (C=O) groups excluding carboxylic acids is 1. The van der Waals surface area contributed by atoms with Crippen LogP contribution in [0.1, 0.15) is 20.8 Å². The number of aliphatic hydroxyl groups excluding tert-OH is 3. The molecule has 1 saturated heterocycles. The normalized spacial score (nSPS) is 37.4. The zero-order chi connectivity index (χ0) is 14.1. The van der Waals surface area contributed by atoms with Gasteiger partial charge in [-0.05, 0) is 20.8 Å². The molecule has 1 rings (SSSR count). The van der Waals surface area contributed by atoms with Gasteiger partial charge in [-0.2, -0.15) is 0 Å². The number of aliphatic hydroxyl groups is 3. The van der Waals surface area contributed by atoms with Gasteiger partial charge in [-0.25, -0.2) is 4.39 Å². The summed E-state index contributed by atoms with van der Waals surface area (Å²) in [5.41, 5.74) is -0.863. The third kappa shape index (κ3) is 3.17.